The second-order valence-electron chi connectivity index (χ2n) is 5.78. The monoisotopic (exact) mass is 364 g/mol. The number of nitrogens with one attached hydrogen (secondary N) is 1. The van der Waals surface area contributed by atoms with Crippen LogP contribution in [0.5, 0.6) is 0 Å². The van der Waals surface area contributed by atoms with Gasteiger partial charge in [-0.05, 0) is 18.2 Å². The molecule has 1 aromatic carbocycles. The lowest BCUT2D eigenvalue weighted by Crippen LogP contribution is -2.23. The van der Waals surface area contributed by atoms with Crippen LogP contribution in [0.25, 0.3) is 6.08 Å². The number of benzene rings is 1. The van der Waals surface area contributed by atoms with Gasteiger partial charge in [-0.3, -0.25) is 14.7 Å². The number of carbonyl (C=O) groups excluding carboxylic acids is 1. The van der Waals surface area contributed by atoms with Gasteiger partial charge in [-0.25, -0.2) is 0 Å². The summed E-state index contributed by atoms with van der Waals surface area (Å²) < 4.78 is 39.9. The number of hydrogen-bond acceptors (Lipinski definition) is 4. The van der Waals surface area contributed by atoms with Crippen LogP contribution in [-0.2, 0) is 6.18 Å². The highest BCUT2D eigenvalue weighted by Gasteiger charge is 2.37. The van der Waals surface area contributed by atoms with Gasteiger partial charge in [-0.15, -0.1) is 0 Å². The van der Waals surface area contributed by atoms with Gasteiger partial charge in [0.25, 0.3) is 5.56 Å². The molecule has 2 aromatic rings. The van der Waals surface area contributed by atoms with E-state index in [4.69, 9.17) is 0 Å². The van der Waals surface area contributed by atoms with Gasteiger partial charge in [0.15, 0.2) is 5.82 Å². The Hall–Kier alpha value is -3.19. The standard InChI is InChI=1S/C17H15F3N4O2/c1-10(25)24-16(26)11(15(21-24)17(18,19)20)8-9-14-22(2)12-6-4-5-7-13(12)23(14)3/h4-8,21H,1-3H3. The van der Waals surface area contributed by atoms with Crippen LogP contribution in [0, 0.1) is 0 Å². The summed E-state index contributed by atoms with van der Waals surface area (Å²) in [6, 6.07) is 7.41. The molecule has 3 rings (SSSR count). The Labute approximate surface area is 146 Å². The number of hydrogen-bond donors (Lipinski definition) is 1. The van der Waals surface area contributed by atoms with Crippen molar-refractivity contribution in [2.75, 3.05) is 23.9 Å². The minimum atomic E-state index is -4.81. The fourth-order valence-corrected chi connectivity index (χ4v) is 2.84. The van der Waals surface area contributed by atoms with Crippen LogP contribution in [0.1, 0.15) is 23.0 Å². The first kappa shape index (κ1) is 17.6. The van der Waals surface area contributed by atoms with E-state index in [1.165, 1.54) is 0 Å². The predicted molar refractivity (Wildman–Crippen MR) is 91.1 cm³/mol. The third-order valence-electron chi connectivity index (χ3n) is 4.11. The Bertz CT molecular complexity index is 979. The molecule has 1 aliphatic rings. The first-order chi connectivity index (χ1) is 12.1. The number of fused-ring (bicyclic) bond motifs is 1. The van der Waals surface area contributed by atoms with E-state index in [0.29, 0.717) is 10.5 Å². The largest absolute Gasteiger partial charge is 0.433 e. The summed E-state index contributed by atoms with van der Waals surface area (Å²) in [7, 11) is 3.49. The maximum absolute atomic E-state index is 13.2. The minimum absolute atomic E-state index is 0.331. The number of rotatable bonds is 1. The Kier molecular flexibility index (Phi) is 4.04. The van der Waals surface area contributed by atoms with Crippen molar-refractivity contribution in [3.8, 4) is 0 Å². The molecule has 0 unspecified atom stereocenters. The van der Waals surface area contributed by atoms with E-state index in [2.05, 4.69) is 5.73 Å². The van der Waals surface area contributed by atoms with Crippen molar-refractivity contribution in [1.82, 2.24) is 9.78 Å². The second-order valence-corrected chi connectivity index (χ2v) is 5.78. The molecule has 0 aliphatic carbocycles. The number of aromatic amines is 1. The van der Waals surface area contributed by atoms with Crippen LogP contribution in [0.3, 0.4) is 0 Å². The lowest BCUT2D eigenvalue weighted by Gasteiger charge is -2.15. The van der Waals surface area contributed by atoms with E-state index < -0.39 is 28.9 Å². The first-order valence-electron chi connectivity index (χ1n) is 7.59. The summed E-state index contributed by atoms with van der Waals surface area (Å²) in [5.74, 6) is -0.371. The molecule has 0 amide bonds. The van der Waals surface area contributed by atoms with Gasteiger partial charge < -0.3 is 9.80 Å². The summed E-state index contributed by atoms with van der Waals surface area (Å²) in [6.45, 7) is 0.999. The molecule has 9 heteroatoms. The van der Waals surface area contributed by atoms with Crippen LogP contribution in [-0.4, -0.2) is 29.8 Å². The number of alkyl halides is 3. The smallest absolute Gasteiger partial charge is 0.322 e. The van der Waals surface area contributed by atoms with Gasteiger partial charge >= 0.3 is 6.18 Å². The molecular weight excluding hydrogens is 349 g/mol. The molecule has 0 saturated heterocycles. The second kappa shape index (κ2) is 5.96. The van der Waals surface area contributed by atoms with Gasteiger partial charge in [0.05, 0.1) is 16.9 Å². The lowest BCUT2D eigenvalue weighted by molar-refractivity contribution is -0.141. The summed E-state index contributed by atoms with van der Waals surface area (Å²) in [6.07, 6.45) is -3.86. The van der Waals surface area contributed by atoms with E-state index >= 15 is 0 Å². The molecule has 26 heavy (non-hydrogen) atoms. The molecule has 1 aliphatic heterocycles. The molecular formula is C17H15F3N4O2. The Morgan fingerprint density at radius 3 is 2.15 bits per heavy atom. The maximum Gasteiger partial charge on any atom is 0.433 e. The normalized spacial score (nSPS) is 13.7. The van der Waals surface area contributed by atoms with Crippen molar-refractivity contribution >= 4 is 23.4 Å². The Morgan fingerprint density at radius 2 is 1.69 bits per heavy atom. The van der Waals surface area contributed by atoms with Crippen LogP contribution in [0.4, 0.5) is 24.5 Å². The van der Waals surface area contributed by atoms with E-state index in [9.17, 15) is 22.8 Å². The van der Waals surface area contributed by atoms with Crippen molar-refractivity contribution in [2.45, 2.75) is 13.1 Å². The number of H-pyrrole nitrogens is 1. The third-order valence-corrected chi connectivity index (χ3v) is 4.11. The number of para-hydroxylation sites is 2. The topological polar surface area (TPSA) is 61.3 Å². The van der Waals surface area contributed by atoms with E-state index in [1.807, 2.05) is 29.4 Å². The minimum Gasteiger partial charge on any atom is -0.322 e. The third kappa shape index (κ3) is 2.72. The van der Waals surface area contributed by atoms with Gasteiger partial charge in [-0.2, -0.15) is 17.9 Å². The number of halogens is 3. The summed E-state index contributed by atoms with van der Waals surface area (Å²) in [4.78, 5) is 27.0. The molecule has 0 atom stereocenters. The molecule has 0 bridgehead atoms. The van der Waals surface area contributed by atoms with Gasteiger partial charge in [-0.1, -0.05) is 17.9 Å². The zero-order chi connectivity index (χ0) is 19.2. The van der Waals surface area contributed by atoms with Crippen LogP contribution < -0.4 is 15.4 Å². The average Bonchev–Trinajstić information content (AvgIpc) is 3.02. The maximum atomic E-state index is 13.2. The molecule has 0 fully saturated rings. The van der Waals surface area contributed by atoms with Crippen LogP contribution >= 0.6 is 0 Å². The fraction of sp³-hybridized carbons (Fsp3) is 0.235. The molecule has 0 saturated carbocycles. The Morgan fingerprint density at radius 1 is 1.15 bits per heavy atom. The molecule has 2 heterocycles. The molecule has 136 valence electrons. The number of aromatic nitrogens is 2. The number of carbonyl (C=O) groups is 1. The zero-order valence-corrected chi connectivity index (χ0v) is 14.2. The lowest BCUT2D eigenvalue weighted by atomic mass is 10.2. The quantitative estimate of drug-likeness (QED) is 0.791. The van der Waals surface area contributed by atoms with Crippen LogP contribution in [0.15, 0.2) is 40.6 Å². The van der Waals surface area contributed by atoms with Crippen molar-refractivity contribution in [2.24, 2.45) is 0 Å². The van der Waals surface area contributed by atoms with Crippen molar-refractivity contribution < 1.29 is 18.0 Å². The van der Waals surface area contributed by atoms with Gasteiger partial charge in [0.2, 0.25) is 5.91 Å². The van der Waals surface area contributed by atoms with Gasteiger partial charge in [0.1, 0.15) is 5.69 Å². The molecule has 1 aromatic heterocycles. The van der Waals surface area contributed by atoms with Crippen molar-refractivity contribution in [3.05, 3.63) is 57.4 Å². The van der Waals surface area contributed by atoms with Crippen molar-refractivity contribution in [1.29, 1.82) is 0 Å². The molecule has 1 N–H and O–H groups in total. The fourth-order valence-electron chi connectivity index (χ4n) is 2.84. The molecule has 6 nitrogen and oxygen atoms in total. The van der Waals surface area contributed by atoms with E-state index in [-0.39, 0.29) is 0 Å². The van der Waals surface area contributed by atoms with Crippen LogP contribution in [0.2, 0.25) is 0 Å². The van der Waals surface area contributed by atoms with Crippen molar-refractivity contribution in [3.63, 3.8) is 0 Å². The summed E-state index contributed by atoms with van der Waals surface area (Å²) in [5.41, 5.74) is 1.44. The first-order valence-corrected chi connectivity index (χ1v) is 7.59. The number of nitrogens with zero attached hydrogens (tertiary/aromatic N) is 3. The number of anilines is 2. The molecule has 0 radical (unpaired) electrons. The predicted octanol–water partition coefficient (Wildman–Crippen LogP) is 2.90. The SMILES string of the molecule is CC(=O)n1[nH]c(C(F)(F)F)c(C=C=C2N(C)c3ccccc3N2C)c1=O. The zero-order valence-electron chi connectivity index (χ0n) is 14.2. The highest BCUT2D eigenvalue weighted by molar-refractivity contribution is 5.82. The Balaban J connectivity index is 2.17. The van der Waals surface area contributed by atoms with E-state index in [1.54, 1.807) is 23.9 Å². The summed E-state index contributed by atoms with van der Waals surface area (Å²) in [5, 5.41) is 1.83. The molecule has 0 spiro atoms. The highest BCUT2D eigenvalue weighted by atomic mass is 19.4. The van der Waals surface area contributed by atoms with E-state index in [0.717, 1.165) is 24.4 Å². The van der Waals surface area contributed by atoms with Gasteiger partial charge in [0, 0.05) is 21.0 Å². The highest BCUT2D eigenvalue weighted by Crippen LogP contribution is 2.38. The average molecular weight is 364 g/mol. The summed E-state index contributed by atoms with van der Waals surface area (Å²) >= 11 is 0.